The Balaban J connectivity index is 0.00000264. The molecule has 0 atom stereocenters. The fourth-order valence-corrected chi connectivity index (χ4v) is 2.01. The SMILES string of the molecule is CC(C)(N)CNC(=O)c1ccc(Oc2cccc(Br)c2)nc1.Cl.Cl. The normalized spacial score (nSPS) is 10.2. The maximum absolute atomic E-state index is 12.0. The molecule has 24 heavy (non-hydrogen) atoms. The number of pyridine rings is 1. The van der Waals surface area contributed by atoms with Gasteiger partial charge in [0, 0.05) is 28.8 Å². The summed E-state index contributed by atoms with van der Waals surface area (Å²) in [5.74, 6) is 0.887. The number of benzene rings is 1. The van der Waals surface area contributed by atoms with Gasteiger partial charge in [-0.2, -0.15) is 0 Å². The molecule has 8 heteroatoms. The number of aromatic nitrogens is 1. The number of carbonyl (C=O) groups excluding carboxylic acids is 1. The van der Waals surface area contributed by atoms with Crippen molar-refractivity contribution in [2.24, 2.45) is 5.73 Å². The second kappa shape index (κ2) is 9.84. The van der Waals surface area contributed by atoms with Gasteiger partial charge in [-0.05, 0) is 38.1 Å². The summed E-state index contributed by atoms with van der Waals surface area (Å²) >= 11 is 3.38. The Labute approximate surface area is 162 Å². The lowest BCUT2D eigenvalue weighted by Crippen LogP contribution is -2.45. The Bertz CT molecular complexity index is 661. The van der Waals surface area contributed by atoms with Gasteiger partial charge in [-0.3, -0.25) is 4.79 Å². The molecule has 2 aromatic rings. The first-order valence-corrected chi connectivity index (χ1v) is 7.59. The number of rotatable bonds is 5. The van der Waals surface area contributed by atoms with Crippen molar-refractivity contribution in [1.29, 1.82) is 0 Å². The van der Waals surface area contributed by atoms with Crippen LogP contribution in [0, 0.1) is 0 Å². The van der Waals surface area contributed by atoms with Gasteiger partial charge >= 0.3 is 0 Å². The Kier molecular flexibility index (Phi) is 9.29. The van der Waals surface area contributed by atoms with Crippen LogP contribution in [0.1, 0.15) is 24.2 Å². The maximum Gasteiger partial charge on any atom is 0.252 e. The van der Waals surface area contributed by atoms with Crippen molar-refractivity contribution in [2.75, 3.05) is 6.54 Å². The summed E-state index contributed by atoms with van der Waals surface area (Å²) in [4.78, 5) is 16.1. The van der Waals surface area contributed by atoms with Crippen molar-refractivity contribution in [3.63, 3.8) is 0 Å². The van der Waals surface area contributed by atoms with Crippen LogP contribution in [-0.2, 0) is 0 Å². The molecule has 0 bridgehead atoms. The van der Waals surface area contributed by atoms with Crippen LogP contribution in [0.3, 0.4) is 0 Å². The van der Waals surface area contributed by atoms with E-state index in [1.165, 1.54) is 6.20 Å². The largest absolute Gasteiger partial charge is 0.439 e. The van der Waals surface area contributed by atoms with Crippen LogP contribution in [0.25, 0.3) is 0 Å². The Morgan fingerprint density at radius 2 is 2.00 bits per heavy atom. The number of hydrogen-bond acceptors (Lipinski definition) is 4. The summed E-state index contributed by atoms with van der Waals surface area (Å²) in [5.41, 5.74) is 5.84. The van der Waals surface area contributed by atoms with Gasteiger partial charge in [0.15, 0.2) is 0 Å². The standard InChI is InChI=1S/C16H18BrN3O2.2ClH/c1-16(2,18)10-20-15(21)11-6-7-14(19-9-11)22-13-5-3-4-12(17)8-13;;/h3-9H,10,18H2,1-2H3,(H,20,21);2*1H. The zero-order chi connectivity index (χ0) is 16.2. The van der Waals surface area contributed by atoms with Crippen LogP contribution >= 0.6 is 40.7 Å². The summed E-state index contributed by atoms with van der Waals surface area (Å²) in [5, 5.41) is 2.76. The van der Waals surface area contributed by atoms with E-state index in [4.69, 9.17) is 10.5 Å². The van der Waals surface area contributed by atoms with E-state index >= 15 is 0 Å². The van der Waals surface area contributed by atoms with Crippen molar-refractivity contribution in [2.45, 2.75) is 19.4 Å². The first-order chi connectivity index (χ1) is 10.3. The Morgan fingerprint density at radius 3 is 2.54 bits per heavy atom. The molecule has 1 aromatic carbocycles. The first-order valence-electron chi connectivity index (χ1n) is 6.80. The van der Waals surface area contributed by atoms with Crippen LogP contribution in [-0.4, -0.2) is 23.0 Å². The predicted octanol–water partition coefficient (Wildman–Crippen LogP) is 3.95. The summed E-state index contributed by atoms with van der Waals surface area (Å²) < 4.78 is 6.54. The third kappa shape index (κ3) is 7.49. The van der Waals surface area contributed by atoms with Gasteiger partial charge in [0.1, 0.15) is 5.75 Å². The number of nitrogens with zero attached hydrogens (tertiary/aromatic N) is 1. The quantitative estimate of drug-likeness (QED) is 0.743. The fourth-order valence-electron chi connectivity index (χ4n) is 1.64. The predicted molar refractivity (Wildman–Crippen MR) is 104 cm³/mol. The third-order valence-corrected chi connectivity index (χ3v) is 3.21. The van der Waals surface area contributed by atoms with Gasteiger partial charge in [0.25, 0.3) is 5.91 Å². The lowest BCUT2D eigenvalue weighted by atomic mass is 10.1. The molecule has 0 aliphatic carbocycles. The summed E-state index contributed by atoms with van der Waals surface area (Å²) in [6.45, 7) is 4.09. The molecular formula is C16H20BrCl2N3O2. The number of nitrogens with one attached hydrogen (secondary N) is 1. The smallest absolute Gasteiger partial charge is 0.252 e. The fraction of sp³-hybridized carbons (Fsp3) is 0.250. The van der Waals surface area contributed by atoms with Crippen LogP contribution in [0.2, 0.25) is 0 Å². The highest BCUT2D eigenvalue weighted by Gasteiger charge is 2.13. The molecule has 3 N–H and O–H groups in total. The molecule has 0 fully saturated rings. The average Bonchev–Trinajstić information content (AvgIpc) is 2.45. The van der Waals surface area contributed by atoms with Gasteiger partial charge in [-0.1, -0.05) is 22.0 Å². The molecule has 1 aromatic heterocycles. The summed E-state index contributed by atoms with van der Waals surface area (Å²) in [6, 6.07) is 10.8. The zero-order valence-corrected chi connectivity index (χ0v) is 16.5. The van der Waals surface area contributed by atoms with E-state index in [0.717, 1.165) is 4.47 Å². The van der Waals surface area contributed by atoms with E-state index in [1.54, 1.807) is 12.1 Å². The van der Waals surface area contributed by atoms with Crippen LogP contribution in [0.5, 0.6) is 11.6 Å². The minimum absolute atomic E-state index is 0. The average molecular weight is 437 g/mol. The summed E-state index contributed by atoms with van der Waals surface area (Å²) in [7, 11) is 0. The molecule has 1 amide bonds. The van der Waals surface area contributed by atoms with Gasteiger partial charge in [-0.15, -0.1) is 24.8 Å². The topological polar surface area (TPSA) is 77.2 Å². The lowest BCUT2D eigenvalue weighted by molar-refractivity contribution is 0.0945. The lowest BCUT2D eigenvalue weighted by Gasteiger charge is -2.18. The van der Waals surface area contributed by atoms with Gasteiger partial charge in [0.2, 0.25) is 5.88 Å². The molecule has 0 saturated heterocycles. The number of carbonyl (C=O) groups is 1. The highest BCUT2D eigenvalue weighted by atomic mass is 79.9. The highest BCUT2D eigenvalue weighted by molar-refractivity contribution is 9.10. The van der Waals surface area contributed by atoms with E-state index < -0.39 is 5.54 Å². The number of nitrogens with two attached hydrogens (primary N) is 1. The molecule has 2 rings (SSSR count). The molecule has 132 valence electrons. The number of amides is 1. The van der Waals surface area contributed by atoms with Crippen molar-refractivity contribution < 1.29 is 9.53 Å². The van der Waals surface area contributed by atoms with Crippen molar-refractivity contribution in [3.8, 4) is 11.6 Å². The molecule has 0 spiro atoms. The van der Waals surface area contributed by atoms with Gasteiger partial charge in [-0.25, -0.2) is 4.98 Å². The second-order valence-electron chi connectivity index (χ2n) is 5.62. The molecule has 0 saturated carbocycles. The van der Waals surface area contributed by atoms with E-state index in [2.05, 4.69) is 26.2 Å². The Hall–Kier alpha value is -1.34. The van der Waals surface area contributed by atoms with Crippen molar-refractivity contribution in [1.82, 2.24) is 10.3 Å². The molecule has 1 heterocycles. The first kappa shape index (κ1) is 22.7. The molecule has 0 unspecified atom stereocenters. The van der Waals surface area contributed by atoms with E-state index in [1.807, 2.05) is 38.1 Å². The summed E-state index contributed by atoms with van der Waals surface area (Å²) in [6.07, 6.45) is 1.48. The van der Waals surface area contributed by atoms with E-state index in [0.29, 0.717) is 23.7 Å². The van der Waals surface area contributed by atoms with Crippen LogP contribution in [0.4, 0.5) is 0 Å². The third-order valence-electron chi connectivity index (χ3n) is 2.72. The van der Waals surface area contributed by atoms with Crippen molar-refractivity contribution >= 4 is 46.7 Å². The van der Waals surface area contributed by atoms with E-state index in [9.17, 15) is 4.79 Å². The molecular weight excluding hydrogens is 417 g/mol. The molecule has 0 aliphatic rings. The molecule has 0 radical (unpaired) electrons. The van der Waals surface area contributed by atoms with Crippen molar-refractivity contribution in [3.05, 3.63) is 52.6 Å². The van der Waals surface area contributed by atoms with Gasteiger partial charge in [0.05, 0.1) is 5.56 Å². The second-order valence-corrected chi connectivity index (χ2v) is 6.53. The molecule has 0 aliphatic heterocycles. The highest BCUT2D eigenvalue weighted by Crippen LogP contribution is 2.22. The molecule has 5 nitrogen and oxygen atoms in total. The minimum Gasteiger partial charge on any atom is -0.439 e. The number of halogens is 3. The monoisotopic (exact) mass is 435 g/mol. The zero-order valence-electron chi connectivity index (χ0n) is 13.3. The van der Waals surface area contributed by atoms with Crippen LogP contribution < -0.4 is 15.8 Å². The number of ether oxygens (including phenoxy) is 1. The van der Waals surface area contributed by atoms with Crippen LogP contribution in [0.15, 0.2) is 47.1 Å². The minimum atomic E-state index is -0.452. The Morgan fingerprint density at radius 1 is 1.29 bits per heavy atom. The maximum atomic E-state index is 12.0. The van der Waals surface area contributed by atoms with Gasteiger partial charge < -0.3 is 15.8 Å². The van der Waals surface area contributed by atoms with E-state index in [-0.39, 0.29) is 30.7 Å². The number of hydrogen-bond donors (Lipinski definition) is 2.